The summed E-state index contributed by atoms with van der Waals surface area (Å²) in [5, 5.41) is 0. The fourth-order valence-corrected chi connectivity index (χ4v) is 5.21. The van der Waals surface area contributed by atoms with Gasteiger partial charge < -0.3 is 4.90 Å². The summed E-state index contributed by atoms with van der Waals surface area (Å²) in [5.74, 6) is 1.65. The normalized spacial score (nSPS) is 26.0. The van der Waals surface area contributed by atoms with Crippen LogP contribution in [0.2, 0.25) is 0 Å². The van der Waals surface area contributed by atoms with Gasteiger partial charge in [0.15, 0.2) is 0 Å². The molecule has 29 heavy (non-hydrogen) atoms. The molecular formula is C28H29N. The Morgan fingerprint density at radius 3 is 2.45 bits per heavy atom. The molecule has 0 amide bonds. The predicted octanol–water partition coefficient (Wildman–Crippen LogP) is 7.42. The van der Waals surface area contributed by atoms with Gasteiger partial charge in [-0.05, 0) is 65.1 Å². The zero-order chi connectivity index (χ0) is 20.0. The van der Waals surface area contributed by atoms with Crippen molar-refractivity contribution in [3.05, 3.63) is 108 Å². The van der Waals surface area contributed by atoms with E-state index < -0.39 is 0 Å². The number of allylic oxidation sites excluding steroid dienone is 7. The molecule has 0 fully saturated rings. The van der Waals surface area contributed by atoms with E-state index in [0.29, 0.717) is 17.8 Å². The number of fused-ring (bicyclic) bond motifs is 3. The number of rotatable bonds is 3. The van der Waals surface area contributed by atoms with E-state index >= 15 is 0 Å². The molecule has 0 N–H and O–H groups in total. The number of nitrogens with zero attached hydrogens (tertiary/aromatic N) is 1. The van der Waals surface area contributed by atoms with Crippen LogP contribution in [0.1, 0.15) is 44.2 Å². The molecule has 3 aliphatic rings. The van der Waals surface area contributed by atoms with Crippen LogP contribution in [0, 0.1) is 11.8 Å². The van der Waals surface area contributed by atoms with Crippen LogP contribution in [0.25, 0.3) is 0 Å². The SMILES string of the molecule is CC1C=CC(N(c2ccccc2)c2ccc3c(c2)C(C)(C)C2C=CC=CC32)=CC1. The maximum atomic E-state index is 2.44. The maximum absolute atomic E-state index is 2.44. The number of hydrogen-bond acceptors (Lipinski definition) is 1. The zero-order valence-electron chi connectivity index (χ0n) is 17.5. The summed E-state index contributed by atoms with van der Waals surface area (Å²) in [4.78, 5) is 2.41. The molecule has 0 spiro atoms. The molecule has 2 aromatic carbocycles. The summed E-state index contributed by atoms with van der Waals surface area (Å²) in [5.41, 5.74) is 6.83. The predicted molar refractivity (Wildman–Crippen MR) is 124 cm³/mol. The van der Waals surface area contributed by atoms with Crippen molar-refractivity contribution in [3.8, 4) is 0 Å². The molecule has 146 valence electrons. The Morgan fingerprint density at radius 2 is 1.69 bits per heavy atom. The zero-order valence-corrected chi connectivity index (χ0v) is 17.5. The highest BCUT2D eigenvalue weighted by Gasteiger charge is 2.44. The van der Waals surface area contributed by atoms with Crippen molar-refractivity contribution in [2.75, 3.05) is 4.90 Å². The Kier molecular flexibility index (Phi) is 4.35. The van der Waals surface area contributed by atoms with Gasteiger partial charge in [0.2, 0.25) is 0 Å². The highest BCUT2D eigenvalue weighted by Crippen LogP contribution is 2.53. The van der Waals surface area contributed by atoms with Crippen molar-refractivity contribution in [2.24, 2.45) is 11.8 Å². The van der Waals surface area contributed by atoms with Crippen molar-refractivity contribution >= 4 is 11.4 Å². The lowest BCUT2D eigenvalue weighted by Gasteiger charge is -2.31. The number of hydrogen-bond donors (Lipinski definition) is 0. The number of anilines is 2. The van der Waals surface area contributed by atoms with Crippen LogP contribution in [0.4, 0.5) is 11.4 Å². The van der Waals surface area contributed by atoms with Crippen LogP contribution in [-0.2, 0) is 5.41 Å². The second-order valence-electron chi connectivity index (χ2n) is 9.19. The van der Waals surface area contributed by atoms with Crippen molar-refractivity contribution in [1.82, 2.24) is 0 Å². The van der Waals surface area contributed by atoms with Gasteiger partial charge in [0.05, 0.1) is 0 Å². The standard InChI is InChI=1S/C28H29N/c1-20-13-15-22(16-14-20)29(21-9-5-4-6-10-21)23-17-18-25-24-11-7-8-12-26(24)28(2,3)27(25)19-23/h4-13,15-20,24,26H,14H2,1-3H3. The lowest BCUT2D eigenvalue weighted by Crippen LogP contribution is -2.25. The minimum atomic E-state index is 0.130. The Bertz CT molecular complexity index is 1040. The van der Waals surface area contributed by atoms with Crippen LogP contribution in [0.15, 0.2) is 96.8 Å². The molecular weight excluding hydrogens is 350 g/mol. The average molecular weight is 380 g/mol. The van der Waals surface area contributed by atoms with Crippen LogP contribution in [0.5, 0.6) is 0 Å². The number of benzene rings is 2. The van der Waals surface area contributed by atoms with E-state index in [1.165, 1.54) is 28.2 Å². The van der Waals surface area contributed by atoms with Crippen LogP contribution in [0.3, 0.4) is 0 Å². The minimum absolute atomic E-state index is 0.130. The number of para-hydroxylation sites is 1. The molecule has 0 aromatic heterocycles. The molecule has 0 aliphatic heterocycles. The summed E-state index contributed by atoms with van der Waals surface area (Å²) < 4.78 is 0. The first-order chi connectivity index (χ1) is 14.1. The minimum Gasteiger partial charge on any atom is -0.311 e. The lowest BCUT2D eigenvalue weighted by atomic mass is 9.74. The Hall–Kier alpha value is -2.80. The maximum Gasteiger partial charge on any atom is 0.0464 e. The van der Waals surface area contributed by atoms with E-state index in [0.717, 1.165) is 6.42 Å². The fraction of sp³-hybridized carbons (Fsp3) is 0.286. The summed E-state index contributed by atoms with van der Waals surface area (Å²) in [6, 6.07) is 17.9. The fourth-order valence-electron chi connectivity index (χ4n) is 5.21. The first-order valence-electron chi connectivity index (χ1n) is 10.8. The van der Waals surface area contributed by atoms with Gasteiger partial charge in [0, 0.05) is 23.0 Å². The summed E-state index contributed by atoms with van der Waals surface area (Å²) in [7, 11) is 0. The third-order valence-corrected chi connectivity index (χ3v) is 6.88. The first kappa shape index (κ1) is 18.2. The molecule has 1 heteroatoms. The van der Waals surface area contributed by atoms with E-state index in [-0.39, 0.29) is 5.41 Å². The molecule has 1 nitrogen and oxygen atoms in total. The van der Waals surface area contributed by atoms with Gasteiger partial charge in [-0.3, -0.25) is 0 Å². The largest absolute Gasteiger partial charge is 0.311 e. The summed E-state index contributed by atoms with van der Waals surface area (Å²) >= 11 is 0. The van der Waals surface area contributed by atoms with Gasteiger partial charge in [-0.25, -0.2) is 0 Å². The van der Waals surface area contributed by atoms with E-state index in [2.05, 4.69) is 117 Å². The van der Waals surface area contributed by atoms with Crippen LogP contribution < -0.4 is 4.90 Å². The van der Waals surface area contributed by atoms with Gasteiger partial charge in [-0.2, -0.15) is 0 Å². The van der Waals surface area contributed by atoms with Crippen LogP contribution >= 0.6 is 0 Å². The van der Waals surface area contributed by atoms with Gasteiger partial charge in [0.1, 0.15) is 0 Å². The third-order valence-electron chi connectivity index (χ3n) is 6.88. The molecule has 0 radical (unpaired) electrons. The average Bonchev–Trinajstić information content (AvgIpc) is 2.98. The molecule has 3 aliphatic carbocycles. The summed E-state index contributed by atoms with van der Waals surface area (Å²) in [6.45, 7) is 7.08. The van der Waals surface area contributed by atoms with Crippen molar-refractivity contribution in [2.45, 2.75) is 38.5 Å². The highest BCUT2D eigenvalue weighted by molar-refractivity contribution is 5.72. The Balaban J connectivity index is 1.63. The van der Waals surface area contributed by atoms with E-state index in [1.807, 2.05) is 0 Å². The van der Waals surface area contributed by atoms with E-state index in [1.54, 1.807) is 0 Å². The second-order valence-corrected chi connectivity index (χ2v) is 9.19. The second kappa shape index (κ2) is 6.91. The van der Waals surface area contributed by atoms with Crippen molar-refractivity contribution in [1.29, 1.82) is 0 Å². The topological polar surface area (TPSA) is 3.24 Å². The molecule has 0 saturated heterocycles. The van der Waals surface area contributed by atoms with E-state index in [9.17, 15) is 0 Å². The van der Waals surface area contributed by atoms with Gasteiger partial charge in [0.25, 0.3) is 0 Å². The molecule has 3 atom stereocenters. The Morgan fingerprint density at radius 1 is 0.897 bits per heavy atom. The lowest BCUT2D eigenvalue weighted by molar-refractivity contribution is 0.394. The molecule has 5 rings (SSSR count). The van der Waals surface area contributed by atoms with E-state index in [4.69, 9.17) is 0 Å². The first-order valence-corrected chi connectivity index (χ1v) is 10.8. The molecule has 0 bridgehead atoms. The quantitative estimate of drug-likeness (QED) is 0.536. The molecule has 3 unspecified atom stereocenters. The van der Waals surface area contributed by atoms with Crippen molar-refractivity contribution < 1.29 is 0 Å². The monoisotopic (exact) mass is 379 g/mol. The van der Waals surface area contributed by atoms with Crippen LogP contribution in [-0.4, -0.2) is 0 Å². The molecule has 2 aromatic rings. The molecule has 0 saturated carbocycles. The Labute approximate surface area is 174 Å². The van der Waals surface area contributed by atoms with Crippen molar-refractivity contribution in [3.63, 3.8) is 0 Å². The third kappa shape index (κ3) is 3.00. The highest BCUT2D eigenvalue weighted by atomic mass is 15.1. The van der Waals surface area contributed by atoms with Gasteiger partial charge in [-0.1, -0.05) is 81.5 Å². The van der Waals surface area contributed by atoms with Gasteiger partial charge >= 0.3 is 0 Å². The molecule has 0 heterocycles. The van der Waals surface area contributed by atoms with Gasteiger partial charge in [-0.15, -0.1) is 0 Å². The summed E-state index contributed by atoms with van der Waals surface area (Å²) in [6.07, 6.45) is 17.3. The smallest absolute Gasteiger partial charge is 0.0464 e.